The molecule has 0 amide bonds. The van der Waals surface area contributed by atoms with Crippen LogP contribution in [0.2, 0.25) is 0 Å². The van der Waals surface area contributed by atoms with E-state index in [4.69, 9.17) is 5.73 Å². The smallest absolute Gasteiger partial charge is 0.126 e. The van der Waals surface area contributed by atoms with Crippen molar-refractivity contribution in [1.29, 1.82) is 0 Å². The summed E-state index contributed by atoms with van der Waals surface area (Å²) in [6, 6.07) is 3.06. The van der Waals surface area contributed by atoms with Crippen molar-refractivity contribution < 1.29 is 13.2 Å². The predicted octanol–water partition coefficient (Wildman–Crippen LogP) is 2.74. The van der Waals surface area contributed by atoms with Gasteiger partial charge in [0.1, 0.15) is 11.6 Å². The Hall–Kier alpha value is -1.00. The van der Waals surface area contributed by atoms with Crippen LogP contribution in [0.5, 0.6) is 0 Å². The van der Waals surface area contributed by atoms with Gasteiger partial charge in [0, 0.05) is 13.0 Å². The highest BCUT2D eigenvalue weighted by atomic mass is 35.5. The first kappa shape index (κ1) is 14.0. The summed E-state index contributed by atoms with van der Waals surface area (Å²) in [5, 5.41) is 0. The Morgan fingerprint density at radius 2 is 2.00 bits per heavy atom. The Labute approximate surface area is 92.2 Å². The van der Waals surface area contributed by atoms with E-state index < -0.39 is 11.6 Å². The molecule has 2 N–H and O–H groups in total. The van der Waals surface area contributed by atoms with Gasteiger partial charge in [-0.25, -0.2) is 13.2 Å². The first-order valence-corrected chi connectivity index (χ1v) is 4.09. The summed E-state index contributed by atoms with van der Waals surface area (Å²) in [5.41, 5.74) is 5.54. The van der Waals surface area contributed by atoms with Gasteiger partial charge in [-0.3, -0.25) is 0 Å². The van der Waals surface area contributed by atoms with Crippen molar-refractivity contribution in [3.05, 3.63) is 47.3 Å². The topological polar surface area (TPSA) is 26.0 Å². The number of hydrogen-bond donors (Lipinski definition) is 1. The van der Waals surface area contributed by atoms with Crippen molar-refractivity contribution in [3.63, 3.8) is 0 Å². The minimum atomic E-state index is -0.556. The Balaban J connectivity index is 0.00000196. The highest BCUT2D eigenvalue weighted by molar-refractivity contribution is 5.85. The number of nitrogens with two attached hydrogens (primary N) is 1. The van der Waals surface area contributed by atoms with Gasteiger partial charge in [0.15, 0.2) is 0 Å². The minimum Gasteiger partial charge on any atom is -0.327 e. The molecule has 0 fully saturated rings. The Bertz CT molecular complexity index is 353. The molecule has 0 saturated heterocycles. The number of halogens is 4. The Morgan fingerprint density at radius 1 is 1.33 bits per heavy atom. The summed E-state index contributed by atoms with van der Waals surface area (Å²) in [6.07, 6.45) is 0.320. The molecule has 0 aromatic heterocycles. The van der Waals surface area contributed by atoms with Gasteiger partial charge in [0.25, 0.3) is 0 Å². The number of hydrogen-bond acceptors (Lipinski definition) is 1. The Kier molecular flexibility index (Phi) is 6.05. The van der Waals surface area contributed by atoms with Crippen molar-refractivity contribution >= 4 is 12.4 Å². The van der Waals surface area contributed by atoms with Crippen LogP contribution in [-0.2, 0) is 6.42 Å². The fourth-order valence-electron chi connectivity index (χ4n) is 1.08. The van der Waals surface area contributed by atoms with Gasteiger partial charge in [-0.2, -0.15) is 0 Å². The second-order valence-corrected chi connectivity index (χ2v) is 2.88. The third kappa shape index (κ3) is 3.93. The van der Waals surface area contributed by atoms with Crippen molar-refractivity contribution in [2.24, 2.45) is 5.73 Å². The monoisotopic (exact) mass is 237 g/mol. The average Bonchev–Trinajstić information content (AvgIpc) is 2.19. The molecule has 15 heavy (non-hydrogen) atoms. The van der Waals surface area contributed by atoms with E-state index in [1.165, 1.54) is 0 Å². The van der Waals surface area contributed by atoms with E-state index in [2.05, 4.69) is 0 Å². The van der Waals surface area contributed by atoms with Crippen LogP contribution >= 0.6 is 12.4 Å². The third-order valence-corrected chi connectivity index (χ3v) is 1.84. The SMILES string of the molecule is Cl.NC/C(=C\F)Cc1cc(F)ccc1F. The fourth-order valence-corrected chi connectivity index (χ4v) is 1.08. The maximum atomic E-state index is 13.0. The van der Waals surface area contributed by atoms with Gasteiger partial charge in [0.2, 0.25) is 0 Å². The molecule has 0 radical (unpaired) electrons. The van der Waals surface area contributed by atoms with Gasteiger partial charge >= 0.3 is 0 Å². The average molecular weight is 238 g/mol. The van der Waals surface area contributed by atoms with Gasteiger partial charge in [-0.15, -0.1) is 12.4 Å². The predicted molar refractivity (Wildman–Crippen MR) is 55.6 cm³/mol. The number of rotatable bonds is 3. The van der Waals surface area contributed by atoms with Crippen molar-refractivity contribution in [2.45, 2.75) is 6.42 Å². The maximum Gasteiger partial charge on any atom is 0.126 e. The van der Waals surface area contributed by atoms with Crippen LogP contribution in [0.25, 0.3) is 0 Å². The molecule has 84 valence electrons. The van der Waals surface area contributed by atoms with Gasteiger partial charge in [-0.05, 0) is 29.3 Å². The zero-order valence-corrected chi connectivity index (χ0v) is 8.66. The molecule has 0 aliphatic carbocycles. The highest BCUT2D eigenvalue weighted by Gasteiger charge is 2.05. The van der Waals surface area contributed by atoms with Crippen LogP contribution in [0.3, 0.4) is 0 Å². The molecule has 1 aromatic carbocycles. The van der Waals surface area contributed by atoms with E-state index in [-0.39, 0.29) is 36.5 Å². The molecule has 0 heterocycles. The molecule has 0 spiro atoms. The summed E-state index contributed by atoms with van der Waals surface area (Å²) in [4.78, 5) is 0. The maximum absolute atomic E-state index is 13.0. The highest BCUT2D eigenvalue weighted by Crippen LogP contribution is 2.13. The summed E-state index contributed by atoms with van der Waals surface area (Å²) in [5.74, 6) is -1.10. The molecule has 0 saturated carbocycles. The lowest BCUT2D eigenvalue weighted by Crippen LogP contribution is -2.06. The second-order valence-electron chi connectivity index (χ2n) is 2.88. The molecule has 5 heteroatoms. The molecule has 1 aromatic rings. The lowest BCUT2D eigenvalue weighted by atomic mass is 10.1. The standard InChI is InChI=1S/C10H10F3N.ClH/c11-5-7(6-14)3-8-4-9(12)1-2-10(8)13;/h1-2,4-5H,3,6,14H2;1H/b7-5-;. The van der Waals surface area contributed by atoms with E-state index in [0.717, 1.165) is 18.2 Å². The van der Waals surface area contributed by atoms with Crippen LogP contribution in [0, 0.1) is 11.6 Å². The molecular weight excluding hydrogens is 227 g/mol. The zero-order valence-electron chi connectivity index (χ0n) is 7.84. The fraction of sp³-hybridized carbons (Fsp3) is 0.200. The largest absolute Gasteiger partial charge is 0.327 e. The van der Waals surface area contributed by atoms with E-state index in [9.17, 15) is 13.2 Å². The molecule has 0 bridgehead atoms. The third-order valence-electron chi connectivity index (χ3n) is 1.84. The van der Waals surface area contributed by atoms with E-state index >= 15 is 0 Å². The van der Waals surface area contributed by atoms with Crippen LogP contribution in [0.4, 0.5) is 13.2 Å². The minimum absolute atomic E-state index is 0. The summed E-state index contributed by atoms with van der Waals surface area (Å²) in [7, 11) is 0. The lowest BCUT2D eigenvalue weighted by molar-refractivity contribution is 0.586. The van der Waals surface area contributed by atoms with Gasteiger partial charge < -0.3 is 5.73 Å². The van der Waals surface area contributed by atoms with Gasteiger partial charge in [0.05, 0.1) is 6.33 Å². The van der Waals surface area contributed by atoms with Crippen molar-refractivity contribution in [2.75, 3.05) is 6.54 Å². The van der Waals surface area contributed by atoms with Crippen LogP contribution in [0.1, 0.15) is 5.56 Å². The van der Waals surface area contributed by atoms with Gasteiger partial charge in [-0.1, -0.05) is 0 Å². The molecule has 0 aliphatic rings. The Morgan fingerprint density at radius 3 is 2.53 bits per heavy atom. The van der Waals surface area contributed by atoms with E-state index in [1.807, 2.05) is 0 Å². The molecule has 0 unspecified atom stereocenters. The molecule has 1 rings (SSSR count). The summed E-state index contributed by atoms with van der Waals surface area (Å²) < 4.78 is 37.9. The van der Waals surface area contributed by atoms with E-state index in [1.54, 1.807) is 0 Å². The van der Waals surface area contributed by atoms with Crippen molar-refractivity contribution in [1.82, 2.24) is 0 Å². The first-order valence-electron chi connectivity index (χ1n) is 4.09. The second kappa shape index (κ2) is 6.48. The molecule has 0 aliphatic heterocycles. The lowest BCUT2D eigenvalue weighted by Gasteiger charge is -2.04. The van der Waals surface area contributed by atoms with E-state index in [0.29, 0.717) is 6.33 Å². The molecular formula is C10H11ClF3N. The van der Waals surface area contributed by atoms with Crippen molar-refractivity contribution in [3.8, 4) is 0 Å². The normalized spacial score (nSPS) is 11.1. The summed E-state index contributed by atoms with van der Waals surface area (Å²) >= 11 is 0. The zero-order chi connectivity index (χ0) is 10.6. The van der Waals surface area contributed by atoms with Crippen LogP contribution in [-0.4, -0.2) is 6.54 Å². The summed E-state index contributed by atoms with van der Waals surface area (Å²) in [6.45, 7) is -0.00749. The number of benzene rings is 1. The van der Waals surface area contributed by atoms with Crippen LogP contribution in [0.15, 0.2) is 30.1 Å². The molecule has 0 atom stereocenters. The quantitative estimate of drug-likeness (QED) is 0.860. The first-order chi connectivity index (χ1) is 6.67. The molecule has 1 nitrogen and oxygen atoms in total. The van der Waals surface area contributed by atoms with Crippen LogP contribution < -0.4 is 5.73 Å².